The van der Waals surface area contributed by atoms with Crippen LogP contribution in [-0.4, -0.2) is 39.9 Å². The van der Waals surface area contributed by atoms with Gasteiger partial charge in [-0.25, -0.2) is 13.1 Å². The predicted molar refractivity (Wildman–Crippen MR) is 85.8 cm³/mol. The second-order valence-corrected chi connectivity index (χ2v) is 6.86. The summed E-state index contributed by atoms with van der Waals surface area (Å²) in [6, 6.07) is 3.93. The van der Waals surface area contributed by atoms with E-state index in [1.54, 1.807) is 13.8 Å². The third-order valence-corrected chi connectivity index (χ3v) is 4.07. The molecule has 0 radical (unpaired) electrons. The minimum Gasteiger partial charge on any atom is -0.495 e. The van der Waals surface area contributed by atoms with E-state index in [0.29, 0.717) is 5.69 Å². The van der Waals surface area contributed by atoms with Crippen LogP contribution in [0, 0.1) is 0 Å². The Morgan fingerprint density at radius 2 is 1.91 bits per heavy atom. The lowest BCUT2D eigenvalue weighted by Gasteiger charge is -2.12. The van der Waals surface area contributed by atoms with Crippen LogP contribution in [0.2, 0.25) is 0 Å². The first-order valence-electron chi connectivity index (χ1n) is 6.90. The first-order valence-corrected chi connectivity index (χ1v) is 8.38. The molecule has 0 aromatic heterocycles. The number of sulfonamides is 1. The van der Waals surface area contributed by atoms with Gasteiger partial charge in [-0.1, -0.05) is 0 Å². The van der Waals surface area contributed by atoms with Gasteiger partial charge >= 0.3 is 0 Å². The van der Waals surface area contributed by atoms with Crippen molar-refractivity contribution < 1.29 is 22.7 Å². The van der Waals surface area contributed by atoms with Gasteiger partial charge in [-0.2, -0.15) is 0 Å². The highest BCUT2D eigenvalue weighted by molar-refractivity contribution is 7.89. The van der Waals surface area contributed by atoms with Gasteiger partial charge in [0.1, 0.15) is 5.75 Å². The Labute approximate surface area is 135 Å². The molecule has 0 bridgehead atoms. The molecule has 0 aliphatic rings. The van der Waals surface area contributed by atoms with Crippen molar-refractivity contribution in [2.75, 3.05) is 19.0 Å². The van der Waals surface area contributed by atoms with Gasteiger partial charge in [0.05, 0.1) is 24.2 Å². The molecule has 9 heteroatoms. The zero-order valence-corrected chi connectivity index (χ0v) is 14.3. The molecule has 0 aliphatic heterocycles. The van der Waals surface area contributed by atoms with Crippen LogP contribution < -0.4 is 20.1 Å². The fraction of sp³-hybridized carbons (Fsp3) is 0.429. The first kappa shape index (κ1) is 18.9. The average molecular weight is 343 g/mol. The molecule has 3 N–H and O–H groups in total. The van der Waals surface area contributed by atoms with Crippen LogP contribution in [0.15, 0.2) is 23.1 Å². The number of rotatable bonds is 7. The Bertz CT molecular complexity index is 686. The maximum Gasteiger partial charge on any atom is 0.241 e. The van der Waals surface area contributed by atoms with Crippen molar-refractivity contribution in [1.82, 2.24) is 10.0 Å². The van der Waals surface area contributed by atoms with Crippen LogP contribution in [-0.2, 0) is 19.6 Å². The highest BCUT2D eigenvalue weighted by atomic mass is 32.2. The second-order valence-electron chi connectivity index (χ2n) is 5.09. The summed E-state index contributed by atoms with van der Waals surface area (Å²) in [5, 5.41) is 5.11. The summed E-state index contributed by atoms with van der Waals surface area (Å²) in [5.41, 5.74) is 0.358. The Morgan fingerprint density at radius 3 is 2.43 bits per heavy atom. The summed E-state index contributed by atoms with van der Waals surface area (Å²) in [7, 11) is -2.51. The topological polar surface area (TPSA) is 114 Å². The highest BCUT2D eigenvalue weighted by Crippen LogP contribution is 2.27. The molecule has 0 saturated heterocycles. The summed E-state index contributed by atoms with van der Waals surface area (Å²) in [5.74, 6) is -0.525. The Balaban J connectivity index is 2.92. The first-order chi connectivity index (χ1) is 10.7. The number of carbonyl (C=O) groups excluding carboxylic acids is 2. The highest BCUT2D eigenvalue weighted by Gasteiger charge is 2.18. The summed E-state index contributed by atoms with van der Waals surface area (Å²) >= 11 is 0. The molecule has 0 fully saturated rings. The Hall–Kier alpha value is -2.13. The quantitative estimate of drug-likeness (QED) is 0.665. The minimum absolute atomic E-state index is 0.0687. The lowest BCUT2D eigenvalue weighted by Crippen LogP contribution is -2.39. The van der Waals surface area contributed by atoms with Gasteiger partial charge in [-0.3, -0.25) is 9.59 Å². The van der Waals surface area contributed by atoms with Crippen LogP contribution in [0.3, 0.4) is 0 Å². The normalized spacial score (nSPS) is 11.2. The summed E-state index contributed by atoms with van der Waals surface area (Å²) in [4.78, 5) is 22.5. The van der Waals surface area contributed by atoms with E-state index in [1.807, 2.05) is 0 Å². The number of amides is 2. The molecule has 0 heterocycles. The van der Waals surface area contributed by atoms with Gasteiger partial charge in [-0.15, -0.1) is 0 Å². The maximum atomic E-state index is 12.2. The molecular formula is C14H21N3O5S. The largest absolute Gasteiger partial charge is 0.495 e. The van der Waals surface area contributed by atoms with Crippen molar-refractivity contribution in [1.29, 1.82) is 0 Å². The molecule has 0 saturated carbocycles. The molecule has 0 unspecified atom stereocenters. The third kappa shape index (κ3) is 5.87. The van der Waals surface area contributed by atoms with E-state index in [1.165, 1.54) is 32.2 Å². The molecule has 1 rings (SSSR count). The van der Waals surface area contributed by atoms with Gasteiger partial charge in [0, 0.05) is 19.0 Å². The van der Waals surface area contributed by atoms with Gasteiger partial charge in [0.2, 0.25) is 21.8 Å². The Morgan fingerprint density at radius 1 is 1.26 bits per heavy atom. The number of nitrogens with one attached hydrogen (secondary N) is 3. The number of benzene rings is 1. The molecule has 23 heavy (non-hydrogen) atoms. The van der Waals surface area contributed by atoms with E-state index in [-0.39, 0.29) is 29.1 Å². The van der Waals surface area contributed by atoms with Crippen molar-refractivity contribution in [3.05, 3.63) is 18.2 Å². The number of methoxy groups -OCH3 is 1. The zero-order chi connectivity index (χ0) is 17.6. The molecule has 0 atom stereocenters. The van der Waals surface area contributed by atoms with E-state index >= 15 is 0 Å². The maximum absolute atomic E-state index is 12.2. The fourth-order valence-electron chi connectivity index (χ4n) is 1.75. The van der Waals surface area contributed by atoms with Crippen molar-refractivity contribution >= 4 is 27.5 Å². The van der Waals surface area contributed by atoms with E-state index < -0.39 is 15.9 Å². The van der Waals surface area contributed by atoms with Crippen LogP contribution in [0.4, 0.5) is 5.69 Å². The minimum atomic E-state index is -3.87. The molecule has 1 aromatic rings. The number of anilines is 1. The number of hydrogen-bond donors (Lipinski definition) is 3. The molecule has 0 spiro atoms. The van der Waals surface area contributed by atoms with Gasteiger partial charge < -0.3 is 15.4 Å². The molecule has 2 amide bonds. The van der Waals surface area contributed by atoms with E-state index in [2.05, 4.69) is 15.4 Å². The molecule has 128 valence electrons. The lowest BCUT2D eigenvalue weighted by molar-refractivity contribution is -0.120. The van der Waals surface area contributed by atoms with E-state index in [9.17, 15) is 18.0 Å². The van der Waals surface area contributed by atoms with Gasteiger partial charge in [0.25, 0.3) is 0 Å². The predicted octanol–water partition coefficient (Wildman–Crippen LogP) is 0.456. The third-order valence-electron chi connectivity index (χ3n) is 2.67. The SMILES string of the molecule is COc1cc(S(=O)(=O)NCC(=O)NC(C)C)ccc1NC(C)=O. The van der Waals surface area contributed by atoms with Crippen LogP contribution >= 0.6 is 0 Å². The molecule has 8 nitrogen and oxygen atoms in total. The van der Waals surface area contributed by atoms with Crippen molar-refractivity contribution in [3.63, 3.8) is 0 Å². The Kier molecular flexibility index (Phi) is 6.52. The monoisotopic (exact) mass is 343 g/mol. The average Bonchev–Trinajstić information content (AvgIpc) is 2.44. The summed E-state index contributed by atoms with van der Waals surface area (Å²) in [6.45, 7) is 4.52. The summed E-state index contributed by atoms with van der Waals surface area (Å²) in [6.07, 6.45) is 0. The number of ether oxygens (including phenoxy) is 1. The zero-order valence-electron chi connectivity index (χ0n) is 13.5. The smallest absolute Gasteiger partial charge is 0.241 e. The van der Waals surface area contributed by atoms with Crippen LogP contribution in [0.5, 0.6) is 5.75 Å². The second kappa shape index (κ2) is 7.93. The number of hydrogen-bond acceptors (Lipinski definition) is 5. The molecule has 0 aliphatic carbocycles. The van der Waals surface area contributed by atoms with Crippen LogP contribution in [0.1, 0.15) is 20.8 Å². The molecular weight excluding hydrogens is 322 g/mol. The van der Waals surface area contributed by atoms with Crippen LogP contribution in [0.25, 0.3) is 0 Å². The van der Waals surface area contributed by atoms with E-state index in [4.69, 9.17) is 4.74 Å². The van der Waals surface area contributed by atoms with E-state index in [0.717, 1.165) is 0 Å². The van der Waals surface area contributed by atoms with Gasteiger partial charge in [0.15, 0.2) is 0 Å². The summed E-state index contributed by atoms with van der Waals surface area (Å²) < 4.78 is 31.7. The molecule has 1 aromatic carbocycles. The number of carbonyl (C=O) groups is 2. The van der Waals surface area contributed by atoms with Crippen molar-refractivity contribution in [3.8, 4) is 5.75 Å². The lowest BCUT2D eigenvalue weighted by atomic mass is 10.3. The van der Waals surface area contributed by atoms with Crippen molar-refractivity contribution in [2.45, 2.75) is 31.7 Å². The standard InChI is InChI=1S/C14H21N3O5S/c1-9(2)16-14(19)8-15-23(20,21)11-5-6-12(17-10(3)18)13(7-11)22-4/h5-7,9,15H,8H2,1-4H3,(H,16,19)(H,17,18). The van der Waals surface area contributed by atoms with Crippen molar-refractivity contribution in [2.24, 2.45) is 0 Å². The fourth-order valence-corrected chi connectivity index (χ4v) is 2.75. The van der Waals surface area contributed by atoms with Gasteiger partial charge in [-0.05, 0) is 26.0 Å².